The number of carbonyl (C=O) groups is 1. The number of carbonyl (C=O) groups excluding carboxylic acids is 1. The van der Waals surface area contributed by atoms with Gasteiger partial charge in [-0.2, -0.15) is 0 Å². The van der Waals surface area contributed by atoms with E-state index in [1.54, 1.807) is 0 Å². The van der Waals surface area contributed by atoms with Gasteiger partial charge >= 0.3 is 0 Å². The van der Waals surface area contributed by atoms with Gasteiger partial charge in [0.25, 0.3) is 0 Å². The molecule has 0 bridgehead atoms. The highest BCUT2D eigenvalue weighted by Gasteiger charge is 2.05. The Morgan fingerprint density at radius 1 is 1.46 bits per heavy atom. The van der Waals surface area contributed by atoms with E-state index < -0.39 is 0 Å². The van der Waals surface area contributed by atoms with Crippen LogP contribution in [0.25, 0.3) is 0 Å². The molecule has 0 heterocycles. The smallest absolute Gasteiger partial charge is 0.179 e. The molecule has 4 heteroatoms. The van der Waals surface area contributed by atoms with Crippen LogP contribution in [0.4, 0.5) is 0 Å². The minimum atomic E-state index is -0.252. The summed E-state index contributed by atoms with van der Waals surface area (Å²) in [5, 5.41) is 11.2. The van der Waals surface area contributed by atoms with Crippen molar-refractivity contribution in [3.8, 4) is 0 Å². The normalized spacial score (nSPS) is 11.7. The summed E-state index contributed by atoms with van der Waals surface area (Å²) in [5.41, 5.74) is 0.0801. The summed E-state index contributed by atoms with van der Waals surface area (Å²) in [6, 6.07) is 0. The summed E-state index contributed by atoms with van der Waals surface area (Å²) >= 11 is 0. The Labute approximate surface area is 78.6 Å². The number of hydrogen-bond donors (Lipinski definition) is 1. The average molecular weight is 187 g/mol. The van der Waals surface area contributed by atoms with Gasteiger partial charge in [0.2, 0.25) is 0 Å². The summed E-state index contributed by atoms with van der Waals surface area (Å²) < 4.78 is 5.14. The number of unbranched alkanes of at least 4 members (excludes halogenated alkanes) is 2. The first-order valence-electron chi connectivity index (χ1n) is 4.52. The molecule has 0 aliphatic rings. The van der Waals surface area contributed by atoms with Gasteiger partial charge in [-0.05, 0) is 6.42 Å². The maximum absolute atomic E-state index is 10.7. The maximum atomic E-state index is 10.7. The lowest BCUT2D eigenvalue weighted by atomic mass is 10.2. The molecule has 0 saturated carbocycles. The van der Waals surface area contributed by atoms with Crippen molar-refractivity contribution in [2.75, 3.05) is 13.2 Å². The number of Topliss-reactive ketones (excluding diaryl/α,β-unsaturated/α-hetero) is 1. The van der Waals surface area contributed by atoms with Crippen LogP contribution in [0, 0.1) is 0 Å². The van der Waals surface area contributed by atoms with Gasteiger partial charge in [0.1, 0.15) is 5.71 Å². The first-order chi connectivity index (χ1) is 6.22. The van der Waals surface area contributed by atoms with Gasteiger partial charge in [0, 0.05) is 13.5 Å². The van der Waals surface area contributed by atoms with Gasteiger partial charge in [0.15, 0.2) is 5.78 Å². The number of ether oxygens (including phenoxy) is 1. The van der Waals surface area contributed by atoms with E-state index in [2.05, 4.69) is 12.1 Å². The summed E-state index contributed by atoms with van der Waals surface area (Å²) in [6.07, 6.45) is 3.23. The molecule has 0 spiro atoms. The van der Waals surface area contributed by atoms with Crippen LogP contribution in [0.5, 0.6) is 0 Å². The van der Waals surface area contributed by atoms with E-state index in [4.69, 9.17) is 9.94 Å². The fourth-order valence-electron chi connectivity index (χ4n) is 0.824. The van der Waals surface area contributed by atoms with E-state index in [9.17, 15) is 4.79 Å². The fraction of sp³-hybridized carbons (Fsp3) is 0.778. The Kier molecular flexibility index (Phi) is 7.20. The molecule has 0 saturated heterocycles. The second-order valence-electron chi connectivity index (χ2n) is 2.86. The number of ketones is 1. The second-order valence-corrected chi connectivity index (χ2v) is 2.86. The van der Waals surface area contributed by atoms with Crippen molar-refractivity contribution >= 4 is 11.5 Å². The van der Waals surface area contributed by atoms with Gasteiger partial charge in [0.05, 0.1) is 6.61 Å². The maximum Gasteiger partial charge on any atom is 0.179 e. The third-order valence-electron chi connectivity index (χ3n) is 1.66. The van der Waals surface area contributed by atoms with Crippen molar-refractivity contribution < 1.29 is 14.7 Å². The first kappa shape index (κ1) is 12.1. The lowest BCUT2D eigenvalue weighted by Crippen LogP contribution is -2.17. The van der Waals surface area contributed by atoms with E-state index in [0.717, 1.165) is 19.3 Å². The minimum absolute atomic E-state index is 0.0801. The van der Waals surface area contributed by atoms with Gasteiger partial charge in [-0.15, -0.1) is 0 Å². The van der Waals surface area contributed by atoms with Crippen LogP contribution >= 0.6 is 0 Å². The molecule has 0 fully saturated rings. The molecule has 13 heavy (non-hydrogen) atoms. The monoisotopic (exact) mass is 187 g/mol. The van der Waals surface area contributed by atoms with Crippen molar-refractivity contribution in [2.45, 2.75) is 33.1 Å². The van der Waals surface area contributed by atoms with Crippen molar-refractivity contribution in [1.82, 2.24) is 0 Å². The number of oxime groups is 1. The van der Waals surface area contributed by atoms with Crippen LogP contribution in [0.2, 0.25) is 0 Å². The summed E-state index contributed by atoms with van der Waals surface area (Å²) in [4.78, 5) is 10.7. The molecule has 0 amide bonds. The highest BCUT2D eigenvalue weighted by atomic mass is 16.5. The molecule has 4 nitrogen and oxygen atoms in total. The lowest BCUT2D eigenvalue weighted by Gasteiger charge is -2.02. The molecular weight excluding hydrogens is 170 g/mol. The van der Waals surface area contributed by atoms with Gasteiger partial charge in [-0.25, -0.2) is 0 Å². The molecule has 76 valence electrons. The van der Waals surface area contributed by atoms with Gasteiger partial charge < -0.3 is 9.94 Å². The molecule has 0 aromatic heterocycles. The van der Waals surface area contributed by atoms with Crippen molar-refractivity contribution in [3.63, 3.8) is 0 Å². The molecular formula is C9H17NO3. The lowest BCUT2D eigenvalue weighted by molar-refractivity contribution is -0.111. The standard InChI is InChI=1S/C9H17NO3/c1-3-4-5-6-13-7-9(10-12)8(2)11/h12H,3-7H2,1-2H3. The Morgan fingerprint density at radius 2 is 2.15 bits per heavy atom. The summed E-state index contributed by atoms with van der Waals surface area (Å²) in [5.74, 6) is -0.252. The van der Waals surface area contributed by atoms with E-state index in [1.165, 1.54) is 6.92 Å². The van der Waals surface area contributed by atoms with E-state index >= 15 is 0 Å². The largest absolute Gasteiger partial charge is 0.410 e. The highest BCUT2D eigenvalue weighted by molar-refractivity contribution is 6.39. The van der Waals surface area contributed by atoms with Crippen LogP contribution in [-0.4, -0.2) is 29.9 Å². The van der Waals surface area contributed by atoms with Crippen LogP contribution < -0.4 is 0 Å². The zero-order valence-corrected chi connectivity index (χ0v) is 8.25. The minimum Gasteiger partial charge on any atom is -0.410 e. The van der Waals surface area contributed by atoms with Gasteiger partial charge in [-0.3, -0.25) is 4.79 Å². The first-order valence-corrected chi connectivity index (χ1v) is 4.52. The Hall–Kier alpha value is -0.900. The van der Waals surface area contributed by atoms with Crippen molar-refractivity contribution in [3.05, 3.63) is 0 Å². The highest BCUT2D eigenvalue weighted by Crippen LogP contribution is 1.94. The quantitative estimate of drug-likeness (QED) is 0.285. The van der Waals surface area contributed by atoms with Crippen molar-refractivity contribution in [1.29, 1.82) is 0 Å². The Bertz CT molecular complexity index is 178. The fourth-order valence-corrected chi connectivity index (χ4v) is 0.824. The molecule has 0 unspecified atom stereocenters. The zero-order valence-electron chi connectivity index (χ0n) is 8.25. The van der Waals surface area contributed by atoms with E-state index in [-0.39, 0.29) is 18.1 Å². The Morgan fingerprint density at radius 3 is 2.62 bits per heavy atom. The average Bonchev–Trinajstić information content (AvgIpc) is 2.10. The third kappa shape index (κ3) is 6.28. The van der Waals surface area contributed by atoms with Crippen LogP contribution in [-0.2, 0) is 9.53 Å². The molecule has 0 atom stereocenters. The topological polar surface area (TPSA) is 58.9 Å². The molecule has 1 N–H and O–H groups in total. The molecule has 0 aliphatic heterocycles. The molecule has 0 rings (SSSR count). The predicted octanol–water partition coefficient (Wildman–Crippen LogP) is 1.61. The van der Waals surface area contributed by atoms with Crippen LogP contribution in [0.3, 0.4) is 0 Å². The van der Waals surface area contributed by atoms with Gasteiger partial charge in [-0.1, -0.05) is 24.9 Å². The second kappa shape index (κ2) is 7.73. The third-order valence-corrected chi connectivity index (χ3v) is 1.66. The predicted molar refractivity (Wildman–Crippen MR) is 50.2 cm³/mol. The van der Waals surface area contributed by atoms with E-state index in [1.807, 2.05) is 0 Å². The number of rotatable bonds is 7. The zero-order chi connectivity index (χ0) is 10.1. The SMILES string of the molecule is CCCCCOCC(=NO)C(C)=O. The van der Waals surface area contributed by atoms with Crippen LogP contribution in [0.1, 0.15) is 33.1 Å². The molecule has 0 aromatic carbocycles. The molecule has 0 aromatic rings. The Balaban J connectivity index is 3.46. The molecule has 0 aliphatic carbocycles. The molecule has 0 radical (unpaired) electrons. The summed E-state index contributed by atoms with van der Waals surface area (Å²) in [6.45, 7) is 4.18. The number of hydrogen-bond acceptors (Lipinski definition) is 4. The number of nitrogens with zero attached hydrogens (tertiary/aromatic N) is 1. The van der Waals surface area contributed by atoms with E-state index in [0.29, 0.717) is 6.61 Å². The summed E-state index contributed by atoms with van der Waals surface area (Å²) in [7, 11) is 0. The van der Waals surface area contributed by atoms with Crippen molar-refractivity contribution in [2.24, 2.45) is 5.16 Å². The van der Waals surface area contributed by atoms with Crippen LogP contribution in [0.15, 0.2) is 5.16 Å².